The molecule has 0 saturated carbocycles. The average molecular weight is 387 g/mol. The third-order valence-corrected chi connectivity index (χ3v) is 4.38. The van der Waals surface area contributed by atoms with Gasteiger partial charge in [-0.15, -0.1) is 24.8 Å². The van der Waals surface area contributed by atoms with Crippen LogP contribution in [0.1, 0.15) is 41.7 Å². The molecule has 0 aliphatic carbocycles. The van der Waals surface area contributed by atoms with Crippen LogP contribution in [0.3, 0.4) is 0 Å². The summed E-state index contributed by atoms with van der Waals surface area (Å²) < 4.78 is 0. The van der Waals surface area contributed by atoms with Gasteiger partial charge in [0.05, 0.1) is 11.4 Å². The Morgan fingerprint density at radius 1 is 0.760 bits per heavy atom. The van der Waals surface area contributed by atoms with Gasteiger partial charge in [-0.1, -0.05) is 32.0 Å². The Hall–Kier alpha value is -1.46. The van der Waals surface area contributed by atoms with Crippen LogP contribution in [0.15, 0.2) is 30.3 Å². The minimum atomic E-state index is 0. The molecular weight excluding hydrogens is 355 g/mol. The highest BCUT2D eigenvalue weighted by atomic mass is 35.5. The van der Waals surface area contributed by atoms with Crippen LogP contribution in [0.4, 0.5) is 11.4 Å². The largest absolute Gasteiger partial charge is 0.324 e. The van der Waals surface area contributed by atoms with Gasteiger partial charge in [0, 0.05) is 0 Å². The summed E-state index contributed by atoms with van der Waals surface area (Å²) in [6.07, 6.45) is 2.10. The van der Waals surface area contributed by atoms with Crippen LogP contribution in [0, 0.1) is 20.8 Å². The lowest BCUT2D eigenvalue weighted by Gasteiger charge is -2.10. The van der Waals surface area contributed by atoms with Crippen LogP contribution in [0.2, 0.25) is 0 Å². The quantitative estimate of drug-likeness (QED) is 0.447. The summed E-state index contributed by atoms with van der Waals surface area (Å²) in [4.78, 5) is 0. The Morgan fingerprint density at radius 2 is 1.36 bits per heavy atom. The van der Waals surface area contributed by atoms with Gasteiger partial charge in [0.15, 0.2) is 0 Å². The van der Waals surface area contributed by atoms with Crippen molar-refractivity contribution in [1.82, 2.24) is 0 Å². The van der Waals surface area contributed by atoms with Gasteiger partial charge in [-0.05, 0) is 73.6 Å². The molecule has 6 heteroatoms. The zero-order chi connectivity index (χ0) is 17.4. The average Bonchev–Trinajstić information content (AvgIpc) is 2.59. The molecule has 0 aromatic heterocycles. The third kappa shape index (κ3) is 6.75. The second kappa shape index (κ2) is 12.8. The second-order valence-electron chi connectivity index (χ2n) is 5.62. The van der Waals surface area contributed by atoms with E-state index in [0.717, 1.165) is 24.2 Å². The molecule has 0 aliphatic heterocycles. The number of aryl methyl sites for hydroxylation is 2. The van der Waals surface area contributed by atoms with E-state index in [-0.39, 0.29) is 24.8 Å². The van der Waals surface area contributed by atoms with Gasteiger partial charge < -0.3 is 10.9 Å². The molecule has 0 atom stereocenters. The molecule has 4 nitrogen and oxygen atoms in total. The van der Waals surface area contributed by atoms with Gasteiger partial charge >= 0.3 is 0 Å². The first-order chi connectivity index (χ1) is 11.0. The Labute approximate surface area is 164 Å². The number of hydrogen-bond donors (Lipinski definition) is 4. The molecular formula is C19H32Cl2N4. The van der Waals surface area contributed by atoms with Crippen LogP contribution in [0.5, 0.6) is 0 Å². The summed E-state index contributed by atoms with van der Waals surface area (Å²) in [6.45, 7) is 10.6. The lowest BCUT2D eigenvalue weighted by molar-refractivity contribution is 1.03. The van der Waals surface area contributed by atoms with Crippen molar-refractivity contribution in [3.8, 4) is 0 Å². The van der Waals surface area contributed by atoms with Crippen molar-refractivity contribution in [3.63, 3.8) is 0 Å². The molecule has 0 spiro atoms. The Bertz CT molecular complexity index is 623. The zero-order valence-electron chi connectivity index (χ0n) is 15.8. The number of nitrogen functional groups attached to an aromatic ring is 2. The SMILES string of the molecule is CCc1cccc(NN)c1CC.Cc1ccc(NN)c(C)c1C.Cl.Cl. The first-order valence-electron chi connectivity index (χ1n) is 8.10. The van der Waals surface area contributed by atoms with E-state index in [9.17, 15) is 0 Å². The van der Waals surface area contributed by atoms with Crippen LogP contribution in [-0.4, -0.2) is 0 Å². The summed E-state index contributed by atoms with van der Waals surface area (Å²) in [7, 11) is 0. The number of hydrazine groups is 2. The normalized spacial score (nSPS) is 9.08. The number of benzene rings is 2. The van der Waals surface area contributed by atoms with E-state index in [2.05, 4.69) is 57.6 Å². The molecule has 0 heterocycles. The molecule has 0 aliphatic rings. The Kier molecular flexibility index (Phi) is 13.2. The summed E-state index contributed by atoms with van der Waals surface area (Å²) in [5.74, 6) is 10.7. The number of anilines is 2. The second-order valence-corrected chi connectivity index (χ2v) is 5.62. The molecule has 2 rings (SSSR count). The summed E-state index contributed by atoms with van der Waals surface area (Å²) >= 11 is 0. The maximum Gasteiger partial charge on any atom is 0.0519 e. The summed E-state index contributed by atoms with van der Waals surface area (Å²) in [5.41, 5.74) is 14.0. The topological polar surface area (TPSA) is 76.1 Å². The van der Waals surface area contributed by atoms with E-state index < -0.39 is 0 Å². The van der Waals surface area contributed by atoms with Crippen molar-refractivity contribution < 1.29 is 0 Å². The third-order valence-electron chi connectivity index (χ3n) is 4.38. The van der Waals surface area contributed by atoms with Crippen molar-refractivity contribution in [2.45, 2.75) is 47.5 Å². The van der Waals surface area contributed by atoms with Crippen molar-refractivity contribution >= 4 is 36.2 Å². The lowest BCUT2D eigenvalue weighted by atomic mass is 10.0. The molecule has 2 aromatic carbocycles. The van der Waals surface area contributed by atoms with Gasteiger partial charge in [-0.3, -0.25) is 11.7 Å². The van der Waals surface area contributed by atoms with Gasteiger partial charge in [0.1, 0.15) is 0 Å². The number of nitrogens with two attached hydrogens (primary N) is 2. The van der Waals surface area contributed by atoms with E-state index in [4.69, 9.17) is 11.7 Å². The highest BCUT2D eigenvalue weighted by molar-refractivity contribution is 5.85. The van der Waals surface area contributed by atoms with Gasteiger partial charge in [-0.2, -0.15) is 0 Å². The minimum Gasteiger partial charge on any atom is -0.324 e. The van der Waals surface area contributed by atoms with E-state index >= 15 is 0 Å². The number of halogens is 2. The fourth-order valence-corrected chi connectivity index (χ4v) is 2.63. The Morgan fingerprint density at radius 3 is 1.84 bits per heavy atom. The minimum absolute atomic E-state index is 0. The van der Waals surface area contributed by atoms with E-state index in [0.29, 0.717) is 0 Å². The smallest absolute Gasteiger partial charge is 0.0519 e. The number of hydrogen-bond acceptors (Lipinski definition) is 4. The van der Waals surface area contributed by atoms with Gasteiger partial charge in [0.2, 0.25) is 0 Å². The molecule has 25 heavy (non-hydrogen) atoms. The highest BCUT2D eigenvalue weighted by Gasteiger charge is 2.02. The predicted molar refractivity (Wildman–Crippen MR) is 116 cm³/mol. The standard InChI is InChI=1S/C10H16N2.C9H14N2.2ClH/c1-3-8-6-5-7-10(12-11)9(8)4-2;1-6-4-5-9(11-10)8(3)7(6)2;;/h5-7,12H,3-4,11H2,1-2H3;4-5,11H,10H2,1-3H3;2*1H. The maximum atomic E-state index is 5.40. The summed E-state index contributed by atoms with van der Waals surface area (Å²) in [5, 5.41) is 0. The first kappa shape index (κ1) is 25.8. The van der Waals surface area contributed by atoms with E-state index in [1.54, 1.807) is 0 Å². The van der Waals surface area contributed by atoms with Crippen LogP contribution in [-0.2, 0) is 12.8 Å². The summed E-state index contributed by atoms with van der Waals surface area (Å²) in [6, 6.07) is 10.3. The molecule has 0 bridgehead atoms. The van der Waals surface area contributed by atoms with Crippen molar-refractivity contribution in [2.75, 3.05) is 10.9 Å². The molecule has 0 fully saturated rings. The molecule has 142 valence electrons. The van der Waals surface area contributed by atoms with Crippen LogP contribution >= 0.6 is 24.8 Å². The number of rotatable bonds is 4. The fourth-order valence-electron chi connectivity index (χ4n) is 2.63. The van der Waals surface area contributed by atoms with Crippen molar-refractivity contribution in [3.05, 3.63) is 58.1 Å². The van der Waals surface area contributed by atoms with E-state index in [1.807, 2.05) is 18.2 Å². The molecule has 6 N–H and O–H groups in total. The Balaban J connectivity index is 0. The van der Waals surface area contributed by atoms with Crippen LogP contribution in [0.25, 0.3) is 0 Å². The van der Waals surface area contributed by atoms with Crippen molar-refractivity contribution in [2.24, 2.45) is 11.7 Å². The molecule has 2 aromatic rings. The molecule has 0 saturated heterocycles. The monoisotopic (exact) mass is 386 g/mol. The molecule has 0 amide bonds. The van der Waals surface area contributed by atoms with Gasteiger partial charge in [0.25, 0.3) is 0 Å². The first-order valence-corrected chi connectivity index (χ1v) is 8.10. The molecule has 0 unspecified atom stereocenters. The van der Waals surface area contributed by atoms with Crippen LogP contribution < -0.4 is 22.5 Å². The highest BCUT2D eigenvalue weighted by Crippen LogP contribution is 2.20. The number of nitrogens with one attached hydrogen (secondary N) is 2. The molecule has 0 radical (unpaired) electrons. The van der Waals surface area contributed by atoms with Gasteiger partial charge in [-0.25, -0.2) is 0 Å². The maximum absolute atomic E-state index is 5.40. The van der Waals surface area contributed by atoms with E-state index in [1.165, 1.54) is 27.8 Å². The van der Waals surface area contributed by atoms with Crippen molar-refractivity contribution in [1.29, 1.82) is 0 Å². The fraction of sp³-hybridized carbons (Fsp3) is 0.368. The zero-order valence-corrected chi connectivity index (χ0v) is 17.4. The lowest BCUT2D eigenvalue weighted by Crippen LogP contribution is -2.10. The predicted octanol–water partition coefficient (Wildman–Crippen LogP) is 4.84.